The van der Waals surface area contributed by atoms with Crippen molar-refractivity contribution in [3.63, 3.8) is 0 Å². The van der Waals surface area contributed by atoms with Crippen LogP contribution in [0.2, 0.25) is 0 Å². The maximum absolute atomic E-state index is 3.82. The van der Waals surface area contributed by atoms with Gasteiger partial charge in [-0.25, -0.2) is 0 Å². The number of nitrogens with one attached hydrogen (secondary N) is 1. The third-order valence-electron chi connectivity index (χ3n) is 4.53. The third kappa shape index (κ3) is 6.55. The lowest BCUT2D eigenvalue weighted by Crippen LogP contribution is -2.52. The van der Waals surface area contributed by atoms with Crippen molar-refractivity contribution < 1.29 is 0 Å². The van der Waals surface area contributed by atoms with Gasteiger partial charge in [-0.05, 0) is 58.9 Å². The van der Waals surface area contributed by atoms with Gasteiger partial charge in [-0.15, -0.1) is 0 Å². The molecule has 120 valence electrons. The summed E-state index contributed by atoms with van der Waals surface area (Å²) in [5.41, 5.74) is 0. The highest BCUT2D eigenvalue weighted by atomic mass is 15.2. The quantitative estimate of drug-likeness (QED) is 0.739. The van der Waals surface area contributed by atoms with E-state index in [-0.39, 0.29) is 0 Å². The first-order chi connectivity index (χ1) is 9.54. The summed E-state index contributed by atoms with van der Waals surface area (Å²) in [4.78, 5) is 5.10. The Morgan fingerprint density at radius 3 is 2.55 bits per heavy atom. The van der Waals surface area contributed by atoms with Crippen LogP contribution in [0.4, 0.5) is 0 Å². The summed E-state index contributed by atoms with van der Waals surface area (Å²) < 4.78 is 0. The predicted octanol–water partition coefficient (Wildman–Crippen LogP) is 2.82. The van der Waals surface area contributed by atoms with Gasteiger partial charge in [0.2, 0.25) is 0 Å². The van der Waals surface area contributed by atoms with E-state index in [4.69, 9.17) is 0 Å². The molecule has 20 heavy (non-hydrogen) atoms. The molecule has 0 saturated carbocycles. The van der Waals surface area contributed by atoms with Crippen LogP contribution in [0, 0.1) is 5.92 Å². The van der Waals surface area contributed by atoms with Gasteiger partial charge in [0.05, 0.1) is 0 Å². The Kier molecular flexibility index (Phi) is 8.74. The molecule has 0 spiro atoms. The predicted molar refractivity (Wildman–Crippen MR) is 89.3 cm³/mol. The molecule has 0 aromatic heterocycles. The Morgan fingerprint density at radius 2 is 1.90 bits per heavy atom. The summed E-state index contributed by atoms with van der Waals surface area (Å²) in [6, 6.07) is 1.32. The second-order valence-corrected chi connectivity index (χ2v) is 7.05. The SMILES string of the molecule is CCCNC(CCCC(C)C)C1CN(C)CCCN1C. The smallest absolute Gasteiger partial charge is 0.0373 e. The zero-order chi connectivity index (χ0) is 15.0. The maximum atomic E-state index is 3.82. The molecule has 1 N–H and O–H groups in total. The summed E-state index contributed by atoms with van der Waals surface area (Å²) in [5, 5.41) is 3.82. The fourth-order valence-corrected chi connectivity index (χ4v) is 3.25. The second kappa shape index (κ2) is 9.75. The van der Waals surface area contributed by atoms with Crippen LogP contribution in [0.3, 0.4) is 0 Å². The van der Waals surface area contributed by atoms with Crippen LogP contribution in [0.25, 0.3) is 0 Å². The van der Waals surface area contributed by atoms with E-state index in [2.05, 4.69) is 50.0 Å². The van der Waals surface area contributed by atoms with Gasteiger partial charge in [0.1, 0.15) is 0 Å². The average Bonchev–Trinajstić information content (AvgIpc) is 2.55. The molecule has 1 saturated heterocycles. The van der Waals surface area contributed by atoms with E-state index in [0.717, 1.165) is 12.5 Å². The number of hydrogen-bond acceptors (Lipinski definition) is 3. The van der Waals surface area contributed by atoms with E-state index in [1.165, 1.54) is 51.7 Å². The number of rotatable bonds is 8. The van der Waals surface area contributed by atoms with Crippen LogP contribution in [0.1, 0.15) is 52.9 Å². The minimum Gasteiger partial charge on any atom is -0.312 e. The molecule has 3 nitrogen and oxygen atoms in total. The van der Waals surface area contributed by atoms with Crippen molar-refractivity contribution in [1.29, 1.82) is 0 Å². The van der Waals surface area contributed by atoms with Crippen molar-refractivity contribution in [2.45, 2.75) is 65.0 Å². The lowest BCUT2D eigenvalue weighted by molar-refractivity contribution is 0.170. The summed E-state index contributed by atoms with van der Waals surface area (Å²) >= 11 is 0. The molecule has 0 aliphatic carbocycles. The Morgan fingerprint density at radius 1 is 1.15 bits per heavy atom. The highest BCUT2D eigenvalue weighted by Crippen LogP contribution is 2.16. The minimum absolute atomic E-state index is 0.652. The molecular weight excluding hydrogens is 246 g/mol. The highest BCUT2D eigenvalue weighted by molar-refractivity contribution is 4.87. The molecule has 0 radical (unpaired) electrons. The van der Waals surface area contributed by atoms with Crippen molar-refractivity contribution in [3.8, 4) is 0 Å². The minimum atomic E-state index is 0.652. The molecule has 1 fully saturated rings. The molecule has 2 atom stereocenters. The molecule has 1 aliphatic heterocycles. The Labute approximate surface area is 127 Å². The van der Waals surface area contributed by atoms with E-state index < -0.39 is 0 Å². The number of hydrogen-bond donors (Lipinski definition) is 1. The van der Waals surface area contributed by atoms with Crippen molar-refractivity contribution in [3.05, 3.63) is 0 Å². The lowest BCUT2D eigenvalue weighted by atomic mass is 9.97. The van der Waals surface area contributed by atoms with Crippen molar-refractivity contribution in [1.82, 2.24) is 15.1 Å². The lowest BCUT2D eigenvalue weighted by Gasteiger charge is -2.35. The molecule has 1 rings (SSSR count). The fourth-order valence-electron chi connectivity index (χ4n) is 3.25. The maximum Gasteiger partial charge on any atom is 0.0373 e. The zero-order valence-corrected chi connectivity index (χ0v) is 14.5. The van der Waals surface area contributed by atoms with Crippen LogP contribution in [-0.4, -0.2) is 62.2 Å². The van der Waals surface area contributed by atoms with Crippen molar-refractivity contribution in [2.24, 2.45) is 5.92 Å². The van der Waals surface area contributed by atoms with Crippen molar-refractivity contribution in [2.75, 3.05) is 40.3 Å². The molecule has 0 aromatic rings. The van der Waals surface area contributed by atoms with Gasteiger partial charge >= 0.3 is 0 Å². The molecule has 0 amide bonds. The molecule has 0 bridgehead atoms. The van der Waals surface area contributed by atoms with E-state index >= 15 is 0 Å². The topological polar surface area (TPSA) is 18.5 Å². The van der Waals surface area contributed by atoms with Crippen LogP contribution in [0.5, 0.6) is 0 Å². The van der Waals surface area contributed by atoms with Crippen LogP contribution < -0.4 is 5.32 Å². The summed E-state index contributed by atoms with van der Waals surface area (Å²) in [6.07, 6.45) is 6.56. The highest BCUT2D eigenvalue weighted by Gasteiger charge is 2.27. The molecule has 0 aromatic carbocycles. The molecule has 2 unspecified atom stereocenters. The fraction of sp³-hybridized carbons (Fsp3) is 1.00. The van der Waals surface area contributed by atoms with E-state index in [9.17, 15) is 0 Å². The van der Waals surface area contributed by atoms with Crippen LogP contribution in [-0.2, 0) is 0 Å². The zero-order valence-electron chi connectivity index (χ0n) is 14.5. The Balaban J connectivity index is 2.57. The molecule has 1 heterocycles. The Bertz CT molecular complexity index is 242. The first-order valence-corrected chi connectivity index (χ1v) is 8.66. The monoisotopic (exact) mass is 283 g/mol. The van der Waals surface area contributed by atoms with E-state index in [0.29, 0.717) is 12.1 Å². The van der Waals surface area contributed by atoms with Gasteiger partial charge in [-0.1, -0.05) is 33.6 Å². The largest absolute Gasteiger partial charge is 0.312 e. The molecule has 3 heteroatoms. The third-order valence-corrected chi connectivity index (χ3v) is 4.53. The molecule has 1 aliphatic rings. The summed E-state index contributed by atoms with van der Waals surface area (Å²) in [6.45, 7) is 11.8. The van der Waals surface area contributed by atoms with Crippen molar-refractivity contribution >= 4 is 0 Å². The van der Waals surface area contributed by atoms with Crippen LogP contribution in [0.15, 0.2) is 0 Å². The normalized spacial score (nSPS) is 24.0. The molecular formula is C17H37N3. The average molecular weight is 284 g/mol. The number of likely N-dealkylation sites (N-methyl/N-ethyl adjacent to an activating group) is 2. The number of nitrogens with zero attached hydrogens (tertiary/aromatic N) is 2. The second-order valence-electron chi connectivity index (χ2n) is 7.05. The summed E-state index contributed by atoms with van der Waals surface area (Å²) in [5.74, 6) is 0.830. The van der Waals surface area contributed by atoms with Gasteiger partial charge in [0.25, 0.3) is 0 Å². The van der Waals surface area contributed by atoms with Gasteiger partial charge in [0.15, 0.2) is 0 Å². The van der Waals surface area contributed by atoms with Gasteiger partial charge in [-0.3, -0.25) is 0 Å². The van der Waals surface area contributed by atoms with E-state index in [1.54, 1.807) is 0 Å². The Hall–Kier alpha value is -0.120. The first-order valence-electron chi connectivity index (χ1n) is 8.66. The van der Waals surface area contributed by atoms with Gasteiger partial charge in [0, 0.05) is 18.6 Å². The summed E-state index contributed by atoms with van der Waals surface area (Å²) in [7, 11) is 4.59. The van der Waals surface area contributed by atoms with E-state index in [1.807, 2.05) is 0 Å². The van der Waals surface area contributed by atoms with Gasteiger partial charge < -0.3 is 15.1 Å². The van der Waals surface area contributed by atoms with Gasteiger partial charge in [-0.2, -0.15) is 0 Å². The van der Waals surface area contributed by atoms with Crippen LogP contribution >= 0.6 is 0 Å². The first kappa shape index (κ1) is 17.9. The standard InChI is InChI=1S/C17H37N3/c1-6-11-18-16(10-7-9-15(2)3)17-14-19(4)12-8-13-20(17)5/h15-18H,6-14H2,1-5H3.